The number of nitrogens with two attached hydrogens (primary N) is 2. The molecule has 4 nitrogen and oxygen atoms in total. The van der Waals surface area contributed by atoms with Gasteiger partial charge in [-0.1, -0.05) is 6.92 Å². The van der Waals surface area contributed by atoms with E-state index >= 15 is 0 Å². The normalized spacial score (nSPS) is 12.9. The third kappa shape index (κ3) is 1.88. The molecule has 1 atom stereocenters. The maximum atomic E-state index is 5.46. The number of aromatic nitrogens is 2. The summed E-state index contributed by atoms with van der Waals surface area (Å²) in [5.74, 6) is 1.39. The largest absolute Gasteiger partial charge is 0.384 e. The van der Waals surface area contributed by atoms with Gasteiger partial charge in [-0.3, -0.25) is 0 Å². The highest BCUT2D eigenvalue weighted by Crippen LogP contribution is 2.07. The molecule has 1 unspecified atom stereocenters. The van der Waals surface area contributed by atoms with Crippen LogP contribution in [-0.2, 0) is 0 Å². The molecule has 0 fully saturated rings. The molecule has 0 aliphatic rings. The van der Waals surface area contributed by atoms with Crippen LogP contribution >= 0.6 is 0 Å². The van der Waals surface area contributed by atoms with Gasteiger partial charge in [0.05, 0.1) is 0 Å². The van der Waals surface area contributed by atoms with E-state index in [0.717, 1.165) is 0 Å². The number of anilines is 1. The quantitative estimate of drug-likeness (QED) is 0.631. The van der Waals surface area contributed by atoms with Crippen LogP contribution < -0.4 is 11.5 Å². The third-order valence-electron chi connectivity index (χ3n) is 1.49. The highest BCUT2D eigenvalue weighted by Gasteiger charge is 2.05. The second kappa shape index (κ2) is 3.30. The van der Waals surface area contributed by atoms with Crippen molar-refractivity contribution in [2.24, 2.45) is 5.73 Å². The Morgan fingerprint density at radius 2 is 2.36 bits per heavy atom. The predicted octanol–water partition coefficient (Wildman–Crippen LogP) is 0.121. The van der Waals surface area contributed by atoms with Gasteiger partial charge in [0.25, 0.3) is 0 Å². The van der Waals surface area contributed by atoms with Gasteiger partial charge in [0.15, 0.2) is 0 Å². The molecule has 0 saturated heterocycles. The zero-order valence-corrected chi connectivity index (χ0v) is 6.49. The van der Waals surface area contributed by atoms with Gasteiger partial charge >= 0.3 is 0 Å². The molecule has 4 heteroatoms. The number of hydrogen-bond acceptors (Lipinski definition) is 4. The lowest BCUT2D eigenvalue weighted by molar-refractivity contribution is 0.713. The Hall–Kier alpha value is -1.16. The van der Waals surface area contributed by atoms with Crippen LogP contribution in [0.1, 0.15) is 18.7 Å². The summed E-state index contributed by atoms with van der Waals surface area (Å²) >= 11 is 0. The van der Waals surface area contributed by atoms with E-state index in [9.17, 15) is 0 Å². The van der Waals surface area contributed by atoms with Crippen molar-refractivity contribution in [1.29, 1.82) is 0 Å². The average Bonchev–Trinajstić information content (AvgIpc) is 2.03. The highest BCUT2D eigenvalue weighted by molar-refractivity contribution is 5.25. The van der Waals surface area contributed by atoms with Crippen molar-refractivity contribution >= 4 is 5.82 Å². The smallest absolute Gasteiger partial charge is 0.134 e. The van der Waals surface area contributed by atoms with Crippen LogP contribution in [0.4, 0.5) is 5.82 Å². The summed E-state index contributed by atoms with van der Waals surface area (Å²) in [6.45, 7) is 2.51. The van der Waals surface area contributed by atoms with Crippen LogP contribution in [-0.4, -0.2) is 16.5 Å². The van der Waals surface area contributed by atoms with Gasteiger partial charge in [0, 0.05) is 18.7 Å². The molecule has 0 radical (unpaired) electrons. The lowest BCUT2D eigenvalue weighted by Crippen LogP contribution is -2.12. The van der Waals surface area contributed by atoms with E-state index in [-0.39, 0.29) is 5.92 Å². The summed E-state index contributed by atoms with van der Waals surface area (Å²) in [5.41, 5.74) is 10.9. The Kier molecular flexibility index (Phi) is 2.38. The van der Waals surface area contributed by atoms with Crippen molar-refractivity contribution in [2.45, 2.75) is 12.8 Å². The second-order valence-corrected chi connectivity index (χ2v) is 2.48. The first kappa shape index (κ1) is 7.94. The standard InChI is InChI=1S/C7H12N4/c1-5(4-8)7-10-3-2-6(9)11-7/h2-3,5H,4,8H2,1H3,(H2,9,10,11). The molecule has 0 aliphatic heterocycles. The molecule has 0 bridgehead atoms. The van der Waals surface area contributed by atoms with Crippen LogP contribution in [0.5, 0.6) is 0 Å². The maximum Gasteiger partial charge on any atom is 0.134 e. The lowest BCUT2D eigenvalue weighted by atomic mass is 10.2. The number of hydrogen-bond donors (Lipinski definition) is 2. The average molecular weight is 152 g/mol. The molecular formula is C7H12N4. The van der Waals surface area contributed by atoms with E-state index < -0.39 is 0 Å². The highest BCUT2D eigenvalue weighted by atomic mass is 14.9. The first-order valence-electron chi connectivity index (χ1n) is 3.52. The minimum absolute atomic E-state index is 0.179. The summed E-state index contributed by atoms with van der Waals surface area (Å²) in [6, 6.07) is 1.66. The van der Waals surface area contributed by atoms with E-state index in [2.05, 4.69) is 9.97 Å². The Morgan fingerprint density at radius 3 is 2.91 bits per heavy atom. The summed E-state index contributed by atoms with van der Waals surface area (Å²) in [7, 11) is 0. The fraction of sp³-hybridized carbons (Fsp3) is 0.429. The molecule has 60 valence electrons. The van der Waals surface area contributed by atoms with Crippen LogP contribution in [0.2, 0.25) is 0 Å². The third-order valence-corrected chi connectivity index (χ3v) is 1.49. The Morgan fingerprint density at radius 1 is 1.64 bits per heavy atom. The molecule has 0 aliphatic carbocycles. The maximum absolute atomic E-state index is 5.46. The molecule has 4 N–H and O–H groups in total. The first-order chi connectivity index (χ1) is 5.24. The molecule has 0 saturated carbocycles. The molecule has 0 aromatic carbocycles. The number of nitrogen functional groups attached to an aromatic ring is 1. The van der Waals surface area contributed by atoms with Crippen molar-refractivity contribution in [1.82, 2.24) is 9.97 Å². The predicted molar refractivity (Wildman–Crippen MR) is 43.9 cm³/mol. The molecule has 0 spiro atoms. The zero-order chi connectivity index (χ0) is 8.27. The second-order valence-electron chi connectivity index (χ2n) is 2.48. The number of nitrogens with zero attached hydrogens (tertiary/aromatic N) is 2. The van der Waals surface area contributed by atoms with E-state index in [1.54, 1.807) is 12.3 Å². The van der Waals surface area contributed by atoms with Crippen LogP contribution in [0.25, 0.3) is 0 Å². The van der Waals surface area contributed by atoms with E-state index in [1.807, 2.05) is 6.92 Å². The molecule has 11 heavy (non-hydrogen) atoms. The summed E-state index contributed by atoms with van der Waals surface area (Å²) in [5, 5.41) is 0. The SMILES string of the molecule is CC(CN)c1nccc(N)n1. The first-order valence-corrected chi connectivity index (χ1v) is 3.52. The lowest BCUT2D eigenvalue weighted by Gasteiger charge is -2.05. The molecule has 1 heterocycles. The minimum Gasteiger partial charge on any atom is -0.384 e. The van der Waals surface area contributed by atoms with Gasteiger partial charge < -0.3 is 11.5 Å². The van der Waals surface area contributed by atoms with Gasteiger partial charge in [-0.05, 0) is 6.07 Å². The van der Waals surface area contributed by atoms with Gasteiger partial charge in [0.2, 0.25) is 0 Å². The van der Waals surface area contributed by atoms with Gasteiger partial charge in [-0.2, -0.15) is 0 Å². The van der Waals surface area contributed by atoms with Crippen LogP contribution in [0.3, 0.4) is 0 Å². The van der Waals surface area contributed by atoms with Crippen molar-refractivity contribution in [2.75, 3.05) is 12.3 Å². The van der Waals surface area contributed by atoms with Gasteiger partial charge in [-0.15, -0.1) is 0 Å². The Bertz CT molecular complexity index is 236. The Labute approximate surface area is 65.6 Å². The van der Waals surface area contributed by atoms with E-state index in [4.69, 9.17) is 11.5 Å². The monoisotopic (exact) mass is 152 g/mol. The van der Waals surface area contributed by atoms with E-state index in [1.165, 1.54) is 0 Å². The Balaban J connectivity index is 2.86. The summed E-state index contributed by atoms with van der Waals surface area (Å²) in [4.78, 5) is 8.07. The molecule has 1 aromatic rings. The molecule has 0 amide bonds. The van der Waals surface area contributed by atoms with E-state index in [0.29, 0.717) is 18.2 Å². The van der Waals surface area contributed by atoms with Crippen molar-refractivity contribution < 1.29 is 0 Å². The molecule has 1 rings (SSSR count). The van der Waals surface area contributed by atoms with Gasteiger partial charge in [0.1, 0.15) is 11.6 Å². The van der Waals surface area contributed by atoms with Crippen LogP contribution in [0, 0.1) is 0 Å². The summed E-state index contributed by atoms with van der Waals surface area (Å²) in [6.07, 6.45) is 1.64. The molecular weight excluding hydrogens is 140 g/mol. The van der Waals surface area contributed by atoms with Crippen molar-refractivity contribution in [3.8, 4) is 0 Å². The fourth-order valence-electron chi connectivity index (χ4n) is 0.731. The fourth-order valence-corrected chi connectivity index (χ4v) is 0.731. The van der Waals surface area contributed by atoms with Crippen molar-refractivity contribution in [3.05, 3.63) is 18.1 Å². The van der Waals surface area contributed by atoms with Crippen molar-refractivity contribution in [3.63, 3.8) is 0 Å². The topological polar surface area (TPSA) is 77.8 Å². The molecule has 1 aromatic heterocycles. The van der Waals surface area contributed by atoms with Crippen LogP contribution in [0.15, 0.2) is 12.3 Å². The number of rotatable bonds is 2. The minimum atomic E-state index is 0.179. The van der Waals surface area contributed by atoms with Gasteiger partial charge in [-0.25, -0.2) is 9.97 Å². The summed E-state index contributed by atoms with van der Waals surface area (Å²) < 4.78 is 0. The zero-order valence-electron chi connectivity index (χ0n) is 6.49.